The number of esters is 1. The smallest absolute Gasteiger partial charge is 0.333 e. The maximum Gasteiger partial charge on any atom is 0.333 e. The summed E-state index contributed by atoms with van der Waals surface area (Å²) >= 11 is 0. The van der Waals surface area contributed by atoms with E-state index in [4.69, 9.17) is 4.74 Å². The van der Waals surface area contributed by atoms with Gasteiger partial charge in [0.05, 0.1) is 18.2 Å². The normalized spacial score (nSPS) is 15.1. The van der Waals surface area contributed by atoms with Crippen LogP contribution in [0.25, 0.3) is 6.08 Å². The van der Waals surface area contributed by atoms with Gasteiger partial charge in [-0.05, 0) is 30.2 Å². The molecule has 5 heteroatoms. The molecule has 3 rings (SSSR count). The lowest BCUT2D eigenvalue weighted by molar-refractivity contribution is -0.143. The molecule has 1 aliphatic heterocycles. The van der Waals surface area contributed by atoms with Gasteiger partial charge >= 0.3 is 5.97 Å². The Labute approximate surface area is 145 Å². The lowest BCUT2D eigenvalue weighted by atomic mass is 10.0. The van der Waals surface area contributed by atoms with Crippen LogP contribution in [-0.4, -0.2) is 35.8 Å². The van der Waals surface area contributed by atoms with Crippen molar-refractivity contribution in [3.05, 3.63) is 76.9 Å². The van der Waals surface area contributed by atoms with Crippen LogP contribution in [0.2, 0.25) is 0 Å². The summed E-state index contributed by atoms with van der Waals surface area (Å²) < 4.78 is 4.85. The van der Waals surface area contributed by atoms with Crippen LogP contribution in [0.5, 0.6) is 0 Å². The van der Waals surface area contributed by atoms with Crippen molar-refractivity contribution in [2.45, 2.75) is 13.0 Å². The molecule has 25 heavy (non-hydrogen) atoms. The number of hydrogen-bond acceptors (Lipinski definition) is 4. The van der Waals surface area contributed by atoms with Crippen LogP contribution in [0.3, 0.4) is 0 Å². The van der Waals surface area contributed by atoms with Crippen LogP contribution in [0.1, 0.15) is 33.2 Å². The van der Waals surface area contributed by atoms with E-state index >= 15 is 0 Å². The number of rotatable bonds is 4. The van der Waals surface area contributed by atoms with Crippen molar-refractivity contribution in [2.75, 3.05) is 7.11 Å². The number of ether oxygens (including phenoxy) is 1. The summed E-state index contributed by atoms with van der Waals surface area (Å²) in [5.41, 5.74) is 2.01. The molecule has 0 bridgehead atoms. The molecule has 0 N–H and O–H groups in total. The Bertz CT molecular complexity index is 835. The molecule has 1 aliphatic rings. The number of methoxy groups -OCH3 is 1. The average Bonchev–Trinajstić information content (AvgIpc) is 2.88. The summed E-state index contributed by atoms with van der Waals surface area (Å²) in [5, 5.41) is 0. The Kier molecular flexibility index (Phi) is 4.48. The summed E-state index contributed by atoms with van der Waals surface area (Å²) in [6.07, 6.45) is 1.77. The van der Waals surface area contributed by atoms with Gasteiger partial charge in [-0.1, -0.05) is 48.5 Å². The van der Waals surface area contributed by atoms with Gasteiger partial charge in [-0.25, -0.2) is 4.79 Å². The Morgan fingerprint density at radius 1 is 0.960 bits per heavy atom. The van der Waals surface area contributed by atoms with Crippen LogP contribution in [-0.2, 0) is 9.53 Å². The first-order chi connectivity index (χ1) is 12.0. The molecule has 0 aromatic heterocycles. The van der Waals surface area contributed by atoms with Crippen LogP contribution in [0.15, 0.2) is 60.2 Å². The third-order valence-corrected chi connectivity index (χ3v) is 4.13. The van der Waals surface area contributed by atoms with Gasteiger partial charge in [-0.3, -0.25) is 14.5 Å². The van der Waals surface area contributed by atoms with Crippen molar-refractivity contribution in [1.82, 2.24) is 4.90 Å². The number of fused-ring (bicyclic) bond motifs is 1. The van der Waals surface area contributed by atoms with Crippen molar-refractivity contribution >= 4 is 23.9 Å². The fourth-order valence-corrected chi connectivity index (χ4v) is 2.94. The largest absolute Gasteiger partial charge is 0.467 e. The molecule has 0 aliphatic carbocycles. The van der Waals surface area contributed by atoms with Gasteiger partial charge in [0.15, 0.2) is 6.04 Å². The molecule has 5 nitrogen and oxygen atoms in total. The molecule has 0 unspecified atom stereocenters. The minimum absolute atomic E-state index is 0.300. The van der Waals surface area contributed by atoms with Crippen LogP contribution in [0, 0.1) is 0 Å². The first-order valence-electron chi connectivity index (χ1n) is 7.82. The summed E-state index contributed by atoms with van der Waals surface area (Å²) in [6, 6.07) is 14.8. The summed E-state index contributed by atoms with van der Waals surface area (Å²) in [6.45, 7) is 1.71. The summed E-state index contributed by atoms with van der Waals surface area (Å²) in [5.74, 6) is -1.63. The highest BCUT2D eigenvalue weighted by Gasteiger charge is 2.43. The molecule has 2 aromatic rings. The average molecular weight is 335 g/mol. The SMILES string of the molecule is COC(=O)[C@H](/C(C)=C/c1ccccc1)N1C(=O)c2ccccc2C1=O. The second-order valence-corrected chi connectivity index (χ2v) is 5.75. The number of amides is 2. The first kappa shape index (κ1) is 16.6. The highest BCUT2D eigenvalue weighted by Crippen LogP contribution is 2.28. The molecule has 0 radical (unpaired) electrons. The fraction of sp³-hybridized carbons (Fsp3) is 0.150. The van der Waals surface area contributed by atoms with E-state index in [9.17, 15) is 14.4 Å². The number of hydrogen-bond donors (Lipinski definition) is 0. The van der Waals surface area contributed by atoms with E-state index in [0.29, 0.717) is 16.7 Å². The van der Waals surface area contributed by atoms with E-state index < -0.39 is 23.8 Å². The zero-order valence-electron chi connectivity index (χ0n) is 13.9. The predicted molar refractivity (Wildman–Crippen MR) is 92.8 cm³/mol. The van der Waals surface area contributed by atoms with Crippen LogP contribution >= 0.6 is 0 Å². The molecular weight excluding hydrogens is 318 g/mol. The predicted octanol–water partition coefficient (Wildman–Crippen LogP) is 2.93. The summed E-state index contributed by atoms with van der Waals surface area (Å²) in [4.78, 5) is 38.7. The minimum Gasteiger partial charge on any atom is -0.467 e. The van der Waals surface area contributed by atoms with Crippen molar-refractivity contribution in [3.63, 3.8) is 0 Å². The van der Waals surface area contributed by atoms with E-state index in [1.807, 2.05) is 30.3 Å². The number of imide groups is 1. The molecule has 0 saturated heterocycles. The van der Waals surface area contributed by atoms with E-state index in [1.165, 1.54) is 7.11 Å². The zero-order valence-corrected chi connectivity index (χ0v) is 13.9. The van der Waals surface area contributed by atoms with Crippen molar-refractivity contribution in [2.24, 2.45) is 0 Å². The second-order valence-electron chi connectivity index (χ2n) is 5.75. The van der Waals surface area contributed by atoms with E-state index in [0.717, 1.165) is 10.5 Å². The molecule has 2 aromatic carbocycles. The number of benzene rings is 2. The molecule has 2 amide bonds. The molecule has 126 valence electrons. The summed E-state index contributed by atoms with van der Waals surface area (Å²) in [7, 11) is 1.24. The number of nitrogens with zero attached hydrogens (tertiary/aromatic N) is 1. The van der Waals surface area contributed by atoms with Gasteiger partial charge in [0, 0.05) is 0 Å². The van der Waals surface area contributed by atoms with E-state index in [1.54, 1.807) is 37.3 Å². The standard InChI is InChI=1S/C20H17NO4/c1-13(12-14-8-4-3-5-9-14)17(20(24)25-2)21-18(22)15-10-6-7-11-16(15)19(21)23/h3-12,17H,1-2H3/b13-12+/t17-/m0/s1. The van der Waals surface area contributed by atoms with Crippen molar-refractivity contribution < 1.29 is 19.1 Å². The van der Waals surface area contributed by atoms with Gasteiger partial charge in [0.25, 0.3) is 11.8 Å². The minimum atomic E-state index is -1.10. The third-order valence-electron chi connectivity index (χ3n) is 4.13. The van der Waals surface area contributed by atoms with Crippen molar-refractivity contribution in [1.29, 1.82) is 0 Å². The van der Waals surface area contributed by atoms with Crippen LogP contribution in [0.4, 0.5) is 0 Å². The van der Waals surface area contributed by atoms with Gasteiger partial charge in [-0.15, -0.1) is 0 Å². The van der Waals surface area contributed by atoms with E-state index in [2.05, 4.69) is 0 Å². The Morgan fingerprint density at radius 2 is 1.48 bits per heavy atom. The van der Waals surface area contributed by atoms with Crippen molar-refractivity contribution in [3.8, 4) is 0 Å². The molecular formula is C20H17NO4. The van der Waals surface area contributed by atoms with E-state index in [-0.39, 0.29) is 0 Å². The molecule has 1 atom stereocenters. The Hall–Kier alpha value is -3.21. The maximum absolute atomic E-state index is 12.7. The van der Waals surface area contributed by atoms with Gasteiger partial charge in [0.2, 0.25) is 0 Å². The fourth-order valence-electron chi connectivity index (χ4n) is 2.94. The zero-order chi connectivity index (χ0) is 18.0. The molecule has 1 heterocycles. The maximum atomic E-state index is 12.7. The Morgan fingerprint density at radius 3 is 2.00 bits per heavy atom. The molecule has 0 saturated carbocycles. The third kappa shape index (κ3) is 2.96. The molecule has 0 fully saturated rings. The lowest BCUT2D eigenvalue weighted by Crippen LogP contribution is -2.46. The quantitative estimate of drug-likeness (QED) is 0.636. The van der Waals surface area contributed by atoms with Gasteiger partial charge < -0.3 is 4.74 Å². The monoisotopic (exact) mass is 335 g/mol. The van der Waals surface area contributed by atoms with Crippen LogP contribution < -0.4 is 0 Å². The topological polar surface area (TPSA) is 63.7 Å². The Balaban J connectivity index is 2.03. The highest BCUT2D eigenvalue weighted by atomic mass is 16.5. The number of carbonyl (C=O) groups excluding carboxylic acids is 3. The second kappa shape index (κ2) is 6.73. The highest BCUT2D eigenvalue weighted by molar-refractivity contribution is 6.23. The molecule has 0 spiro atoms. The first-order valence-corrected chi connectivity index (χ1v) is 7.82. The number of carbonyl (C=O) groups is 3. The van der Waals surface area contributed by atoms with Gasteiger partial charge in [-0.2, -0.15) is 0 Å². The van der Waals surface area contributed by atoms with Gasteiger partial charge in [0.1, 0.15) is 0 Å². The lowest BCUT2D eigenvalue weighted by Gasteiger charge is -2.24.